The number of rotatable bonds is 12. The molecule has 0 saturated carbocycles. The van der Waals surface area contributed by atoms with Crippen LogP contribution in [-0.4, -0.2) is 58.5 Å². The number of unbranched alkanes of at least 4 members (excludes halogenated alkanes) is 1. The zero-order chi connectivity index (χ0) is 15.1. The first-order valence-electron chi connectivity index (χ1n) is 7.07. The lowest BCUT2D eigenvalue weighted by Gasteiger charge is -2.08. The van der Waals surface area contributed by atoms with Gasteiger partial charge in [0.1, 0.15) is 0 Å². The van der Waals surface area contributed by atoms with Crippen LogP contribution in [0.5, 0.6) is 0 Å². The van der Waals surface area contributed by atoms with Crippen molar-refractivity contribution in [3.05, 3.63) is 0 Å². The van der Waals surface area contributed by atoms with Gasteiger partial charge < -0.3 is 25.4 Å². The summed E-state index contributed by atoms with van der Waals surface area (Å²) in [5, 5.41) is 8.67. The Labute approximate surface area is 120 Å². The molecule has 7 nitrogen and oxygen atoms in total. The van der Waals surface area contributed by atoms with E-state index >= 15 is 0 Å². The normalized spacial score (nSPS) is 10.1. The number of carbonyl (C=O) groups excluding carboxylic acids is 2. The highest BCUT2D eigenvalue weighted by atomic mass is 16.5. The van der Waals surface area contributed by atoms with Gasteiger partial charge in [-0.1, -0.05) is 6.92 Å². The van der Waals surface area contributed by atoms with Crippen molar-refractivity contribution in [1.29, 1.82) is 0 Å². The van der Waals surface area contributed by atoms with E-state index in [1.807, 2.05) is 0 Å². The Bertz CT molecular complexity index is 262. The van der Waals surface area contributed by atoms with Crippen molar-refractivity contribution < 1.29 is 19.1 Å². The number of hydrogen-bond donors (Lipinski definition) is 3. The number of carbonyl (C=O) groups is 2. The molecule has 0 heterocycles. The molecule has 0 aromatic carbocycles. The molecule has 0 aliphatic carbocycles. The van der Waals surface area contributed by atoms with Gasteiger partial charge in [0, 0.05) is 13.1 Å². The van der Waals surface area contributed by atoms with E-state index in [1.54, 1.807) is 0 Å². The van der Waals surface area contributed by atoms with Crippen molar-refractivity contribution in [3.8, 4) is 0 Å². The SMILES string of the molecule is CCNCCCCNC(=O)NCCOCCC(=O)OC. The molecule has 0 rings (SSSR count). The van der Waals surface area contributed by atoms with Crippen molar-refractivity contribution in [2.75, 3.05) is 46.5 Å². The second-order valence-electron chi connectivity index (χ2n) is 4.18. The van der Waals surface area contributed by atoms with E-state index in [1.165, 1.54) is 7.11 Å². The molecule has 20 heavy (non-hydrogen) atoms. The Balaban J connectivity index is 3.22. The largest absolute Gasteiger partial charge is 0.469 e. The lowest BCUT2D eigenvalue weighted by molar-refractivity contribution is -0.141. The maximum atomic E-state index is 11.4. The van der Waals surface area contributed by atoms with Crippen molar-refractivity contribution in [2.24, 2.45) is 0 Å². The van der Waals surface area contributed by atoms with Gasteiger partial charge >= 0.3 is 12.0 Å². The van der Waals surface area contributed by atoms with Gasteiger partial charge in [-0.05, 0) is 25.9 Å². The number of urea groups is 1. The molecule has 0 fully saturated rings. The maximum Gasteiger partial charge on any atom is 0.314 e. The summed E-state index contributed by atoms with van der Waals surface area (Å²) in [5.74, 6) is -0.298. The Morgan fingerprint density at radius 2 is 1.70 bits per heavy atom. The Hall–Kier alpha value is -1.34. The summed E-state index contributed by atoms with van der Waals surface area (Å²) in [5.41, 5.74) is 0. The standard InChI is InChI=1S/C13H27N3O4/c1-3-14-7-4-5-8-15-13(18)16-9-11-20-10-6-12(17)19-2/h14H,3-11H2,1-2H3,(H2,15,16,18). The Kier molecular flexibility index (Phi) is 13.1. The van der Waals surface area contributed by atoms with Crippen molar-refractivity contribution in [1.82, 2.24) is 16.0 Å². The van der Waals surface area contributed by atoms with E-state index in [-0.39, 0.29) is 18.4 Å². The fourth-order valence-corrected chi connectivity index (χ4v) is 1.41. The minimum Gasteiger partial charge on any atom is -0.469 e. The quantitative estimate of drug-likeness (QED) is 0.354. The summed E-state index contributed by atoms with van der Waals surface area (Å²) in [4.78, 5) is 22.1. The van der Waals surface area contributed by atoms with Crippen LogP contribution in [0.1, 0.15) is 26.2 Å². The zero-order valence-electron chi connectivity index (χ0n) is 12.5. The monoisotopic (exact) mass is 289 g/mol. The highest BCUT2D eigenvalue weighted by Gasteiger charge is 2.00. The van der Waals surface area contributed by atoms with Gasteiger partial charge in [-0.2, -0.15) is 0 Å². The van der Waals surface area contributed by atoms with E-state index in [0.29, 0.717) is 26.3 Å². The molecule has 0 saturated heterocycles. The Morgan fingerprint density at radius 3 is 2.40 bits per heavy atom. The molecular weight excluding hydrogens is 262 g/mol. The molecule has 0 aromatic rings. The van der Waals surface area contributed by atoms with Crippen molar-refractivity contribution >= 4 is 12.0 Å². The van der Waals surface area contributed by atoms with Gasteiger partial charge in [0.2, 0.25) is 0 Å². The second kappa shape index (κ2) is 14.1. The third-order valence-corrected chi connectivity index (χ3v) is 2.53. The minimum absolute atomic E-state index is 0.190. The molecular formula is C13H27N3O4. The molecule has 0 spiro atoms. The predicted molar refractivity (Wildman–Crippen MR) is 76.6 cm³/mol. The van der Waals surface area contributed by atoms with E-state index in [2.05, 4.69) is 27.6 Å². The summed E-state index contributed by atoms with van der Waals surface area (Å²) in [6, 6.07) is -0.190. The molecule has 3 N–H and O–H groups in total. The highest BCUT2D eigenvalue weighted by molar-refractivity contribution is 5.73. The van der Waals surface area contributed by atoms with Crippen LogP contribution >= 0.6 is 0 Å². The summed E-state index contributed by atoms with van der Waals surface area (Å²) in [6.07, 6.45) is 2.23. The summed E-state index contributed by atoms with van der Waals surface area (Å²) < 4.78 is 9.65. The first-order chi connectivity index (χ1) is 9.70. The highest BCUT2D eigenvalue weighted by Crippen LogP contribution is 1.86. The van der Waals surface area contributed by atoms with E-state index < -0.39 is 0 Å². The number of amides is 2. The van der Waals surface area contributed by atoms with E-state index in [0.717, 1.165) is 25.9 Å². The molecule has 0 unspecified atom stereocenters. The third-order valence-electron chi connectivity index (χ3n) is 2.53. The first-order valence-corrected chi connectivity index (χ1v) is 7.07. The molecule has 0 radical (unpaired) electrons. The summed E-state index contributed by atoms with van der Waals surface area (Å²) in [6.45, 7) is 5.80. The maximum absolute atomic E-state index is 11.4. The van der Waals surface area contributed by atoms with Crippen LogP contribution in [0.25, 0.3) is 0 Å². The Morgan fingerprint density at radius 1 is 1.00 bits per heavy atom. The van der Waals surface area contributed by atoms with Crippen LogP contribution in [0.2, 0.25) is 0 Å². The van der Waals surface area contributed by atoms with Gasteiger partial charge in [-0.25, -0.2) is 4.79 Å². The average Bonchev–Trinajstić information content (AvgIpc) is 2.46. The fourth-order valence-electron chi connectivity index (χ4n) is 1.41. The van der Waals surface area contributed by atoms with Crippen molar-refractivity contribution in [3.63, 3.8) is 0 Å². The van der Waals surface area contributed by atoms with Crippen LogP contribution in [0.3, 0.4) is 0 Å². The second-order valence-corrected chi connectivity index (χ2v) is 4.18. The first kappa shape index (κ1) is 18.7. The molecule has 118 valence electrons. The van der Waals surface area contributed by atoms with Crippen molar-refractivity contribution in [2.45, 2.75) is 26.2 Å². The van der Waals surface area contributed by atoms with Gasteiger partial charge in [-0.3, -0.25) is 4.79 Å². The smallest absolute Gasteiger partial charge is 0.314 e. The topological polar surface area (TPSA) is 88.7 Å². The predicted octanol–water partition coefficient (Wildman–Crippen LogP) is 0.255. The number of hydrogen-bond acceptors (Lipinski definition) is 5. The number of esters is 1. The fraction of sp³-hybridized carbons (Fsp3) is 0.846. The lowest BCUT2D eigenvalue weighted by atomic mass is 10.3. The van der Waals surface area contributed by atoms with Crippen LogP contribution in [0, 0.1) is 0 Å². The van der Waals surface area contributed by atoms with Crippen LogP contribution in [0.4, 0.5) is 4.79 Å². The molecule has 2 amide bonds. The van der Waals surface area contributed by atoms with Gasteiger partial charge in [0.05, 0.1) is 26.7 Å². The number of nitrogens with one attached hydrogen (secondary N) is 3. The summed E-state index contributed by atoms with van der Waals surface area (Å²) in [7, 11) is 1.34. The minimum atomic E-state index is -0.298. The van der Waals surface area contributed by atoms with E-state index in [4.69, 9.17) is 4.74 Å². The number of methoxy groups -OCH3 is 1. The van der Waals surface area contributed by atoms with Crippen LogP contribution in [0.15, 0.2) is 0 Å². The average molecular weight is 289 g/mol. The summed E-state index contributed by atoms with van der Waals surface area (Å²) >= 11 is 0. The molecule has 0 bridgehead atoms. The third kappa shape index (κ3) is 13.1. The van der Waals surface area contributed by atoms with Gasteiger partial charge in [0.15, 0.2) is 0 Å². The van der Waals surface area contributed by atoms with Crippen LogP contribution in [-0.2, 0) is 14.3 Å². The number of ether oxygens (including phenoxy) is 2. The van der Waals surface area contributed by atoms with Gasteiger partial charge in [-0.15, -0.1) is 0 Å². The molecule has 0 atom stereocenters. The molecule has 0 aliphatic rings. The molecule has 0 aromatic heterocycles. The van der Waals surface area contributed by atoms with Crippen LogP contribution < -0.4 is 16.0 Å². The molecule has 0 aliphatic heterocycles. The van der Waals surface area contributed by atoms with Gasteiger partial charge in [0.25, 0.3) is 0 Å². The van der Waals surface area contributed by atoms with E-state index in [9.17, 15) is 9.59 Å². The molecule has 7 heteroatoms. The lowest BCUT2D eigenvalue weighted by Crippen LogP contribution is -2.38. The zero-order valence-corrected chi connectivity index (χ0v) is 12.5.